The number of carbonyl (C=O) groups excluding carboxylic acids is 1. The van der Waals surface area contributed by atoms with Crippen LogP contribution in [-0.2, 0) is 4.79 Å². The molecule has 0 bridgehead atoms. The van der Waals surface area contributed by atoms with Crippen molar-refractivity contribution in [3.05, 3.63) is 65.1 Å². The van der Waals surface area contributed by atoms with Gasteiger partial charge in [-0.05, 0) is 49.4 Å². The van der Waals surface area contributed by atoms with Crippen LogP contribution in [0, 0.1) is 0 Å². The van der Waals surface area contributed by atoms with Crippen molar-refractivity contribution in [2.24, 2.45) is 4.99 Å². The largest absolute Gasteiger partial charge is 0.493 e. The quantitative estimate of drug-likeness (QED) is 0.668. The normalized spacial score (nSPS) is 17.3. The molecule has 0 spiro atoms. The molecule has 2 aromatic rings. The average Bonchev–Trinajstić information content (AvgIpc) is 2.94. The van der Waals surface area contributed by atoms with Gasteiger partial charge in [0.05, 0.1) is 17.2 Å². The summed E-state index contributed by atoms with van der Waals surface area (Å²) in [5.41, 5.74) is 1.75. The van der Waals surface area contributed by atoms with Crippen LogP contribution in [0.3, 0.4) is 0 Å². The van der Waals surface area contributed by atoms with Crippen LogP contribution >= 0.6 is 11.8 Å². The van der Waals surface area contributed by atoms with E-state index >= 15 is 0 Å². The lowest BCUT2D eigenvalue weighted by molar-refractivity contribution is -0.122. The number of hydrogen-bond acceptors (Lipinski definition) is 4. The summed E-state index contributed by atoms with van der Waals surface area (Å²) < 4.78 is 5.67. The Kier molecular flexibility index (Phi) is 6.12. The summed E-state index contributed by atoms with van der Waals surface area (Å²) >= 11 is 1.42. The Morgan fingerprint density at radius 2 is 1.81 bits per heavy atom. The van der Waals surface area contributed by atoms with Crippen molar-refractivity contribution < 1.29 is 9.53 Å². The highest BCUT2D eigenvalue weighted by atomic mass is 32.2. The van der Waals surface area contributed by atoms with Gasteiger partial charge in [0.2, 0.25) is 0 Å². The smallest absolute Gasteiger partial charge is 0.266 e. The average molecular weight is 366 g/mol. The highest BCUT2D eigenvalue weighted by Gasteiger charge is 2.32. The van der Waals surface area contributed by atoms with Gasteiger partial charge in [0.1, 0.15) is 5.75 Å². The third-order valence-corrected chi connectivity index (χ3v) is 4.83. The Labute approximate surface area is 158 Å². The van der Waals surface area contributed by atoms with E-state index in [1.54, 1.807) is 4.90 Å². The number of para-hydroxylation sites is 2. The number of carbonyl (C=O) groups is 1. The molecule has 0 aromatic heterocycles. The Morgan fingerprint density at radius 1 is 1.08 bits per heavy atom. The third kappa shape index (κ3) is 4.17. The molecular weight excluding hydrogens is 344 g/mol. The molecule has 4 nitrogen and oxygen atoms in total. The first-order valence-corrected chi connectivity index (χ1v) is 9.61. The number of nitrogens with zero attached hydrogens (tertiary/aromatic N) is 2. The van der Waals surface area contributed by atoms with Crippen LogP contribution in [-0.4, -0.2) is 29.1 Å². The van der Waals surface area contributed by atoms with Crippen molar-refractivity contribution >= 4 is 34.6 Å². The number of benzene rings is 2. The number of amidine groups is 1. The lowest BCUT2D eigenvalue weighted by Crippen LogP contribution is -2.29. The molecule has 134 valence electrons. The van der Waals surface area contributed by atoms with E-state index in [0.717, 1.165) is 28.6 Å². The fourth-order valence-corrected chi connectivity index (χ4v) is 3.67. The van der Waals surface area contributed by atoms with Gasteiger partial charge in [-0.15, -0.1) is 0 Å². The molecular formula is C21H22N2O2S. The Hall–Kier alpha value is -2.53. The standard InChI is InChI=1S/C21H22N2O2S/c1-3-14-23-20(24)19(15-16-10-8-9-13-18(16)25-4-2)26-21(23)22-17-11-6-5-7-12-17/h5-13,15H,3-4,14H2,1-2H3/b19-15+,22-21?. The Morgan fingerprint density at radius 3 is 2.54 bits per heavy atom. The highest BCUT2D eigenvalue weighted by Crippen LogP contribution is 2.35. The van der Waals surface area contributed by atoms with Crippen LogP contribution in [0.5, 0.6) is 5.75 Å². The minimum Gasteiger partial charge on any atom is -0.493 e. The first-order chi connectivity index (χ1) is 12.7. The van der Waals surface area contributed by atoms with E-state index in [-0.39, 0.29) is 5.91 Å². The summed E-state index contributed by atoms with van der Waals surface area (Å²) in [6, 6.07) is 17.5. The molecule has 0 N–H and O–H groups in total. The Bertz CT molecular complexity index is 831. The number of ether oxygens (including phenoxy) is 1. The maximum atomic E-state index is 12.9. The first kappa shape index (κ1) is 18.3. The van der Waals surface area contributed by atoms with Gasteiger partial charge in [0.25, 0.3) is 5.91 Å². The van der Waals surface area contributed by atoms with E-state index in [2.05, 4.69) is 11.9 Å². The summed E-state index contributed by atoms with van der Waals surface area (Å²) in [6.07, 6.45) is 2.77. The molecule has 0 radical (unpaired) electrons. The minimum atomic E-state index is -0.00201. The summed E-state index contributed by atoms with van der Waals surface area (Å²) in [7, 11) is 0. The zero-order valence-electron chi connectivity index (χ0n) is 15.0. The summed E-state index contributed by atoms with van der Waals surface area (Å²) in [6.45, 7) is 5.25. The molecule has 1 amide bonds. The molecule has 5 heteroatoms. The van der Waals surface area contributed by atoms with Crippen LogP contribution in [0.15, 0.2) is 64.5 Å². The summed E-state index contributed by atoms with van der Waals surface area (Å²) in [5, 5.41) is 0.725. The molecule has 1 aliphatic rings. The van der Waals surface area contributed by atoms with Gasteiger partial charge in [-0.25, -0.2) is 4.99 Å². The fourth-order valence-electron chi connectivity index (χ4n) is 2.65. The van der Waals surface area contributed by atoms with Crippen molar-refractivity contribution in [3.63, 3.8) is 0 Å². The van der Waals surface area contributed by atoms with E-state index in [4.69, 9.17) is 4.74 Å². The molecule has 1 heterocycles. The van der Waals surface area contributed by atoms with Crippen LogP contribution in [0.4, 0.5) is 5.69 Å². The lowest BCUT2D eigenvalue weighted by Gasteiger charge is -2.13. The number of amides is 1. The summed E-state index contributed by atoms with van der Waals surface area (Å²) in [4.78, 5) is 20.0. The SMILES string of the molecule is CCCN1C(=O)/C(=C\c2ccccc2OCC)SC1=Nc1ccccc1. The zero-order valence-corrected chi connectivity index (χ0v) is 15.8. The predicted octanol–water partition coefficient (Wildman–Crippen LogP) is 5.10. The van der Waals surface area contributed by atoms with Crippen LogP contribution in [0.2, 0.25) is 0 Å². The number of hydrogen-bond donors (Lipinski definition) is 0. The topological polar surface area (TPSA) is 41.9 Å². The molecule has 0 atom stereocenters. The molecule has 0 aliphatic carbocycles. The highest BCUT2D eigenvalue weighted by molar-refractivity contribution is 8.18. The van der Waals surface area contributed by atoms with Gasteiger partial charge in [0.15, 0.2) is 5.17 Å². The number of rotatable bonds is 6. The molecule has 0 saturated carbocycles. The molecule has 3 rings (SSSR count). The van der Waals surface area contributed by atoms with Gasteiger partial charge in [-0.2, -0.15) is 0 Å². The van der Waals surface area contributed by atoms with Crippen LogP contribution < -0.4 is 4.74 Å². The number of aliphatic imine (C=N–C) groups is 1. The second-order valence-electron chi connectivity index (χ2n) is 5.77. The molecule has 0 unspecified atom stereocenters. The van der Waals surface area contributed by atoms with Crippen molar-refractivity contribution in [2.75, 3.05) is 13.2 Å². The van der Waals surface area contributed by atoms with Crippen molar-refractivity contribution in [1.82, 2.24) is 4.90 Å². The van der Waals surface area contributed by atoms with E-state index in [0.29, 0.717) is 18.1 Å². The van der Waals surface area contributed by atoms with Crippen molar-refractivity contribution in [1.29, 1.82) is 0 Å². The second kappa shape index (κ2) is 8.72. The van der Waals surface area contributed by atoms with Gasteiger partial charge >= 0.3 is 0 Å². The lowest BCUT2D eigenvalue weighted by atomic mass is 10.2. The third-order valence-electron chi connectivity index (χ3n) is 3.82. The van der Waals surface area contributed by atoms with Crippen LogP contribution in [0.25, 0.3) is 6.08 Å². The molecule has 1 fully saturated rings. The molecule has 2 aromatic carbocycles. The first-order valence-electron chi connectivity index (χ1n) is 8.80. The Balaban J connectivity index is 1.95. The predicted molar refractivity (Wildman–Crippen MR) is 109 cm³/mol. The fraction of sp³-hybridized carbons (Fsp3) is 0.238. The van der Waals surface area contributed by atoms with Crippen LogP contribution in [0.1, 0.15) is 25.8 Å². The van der Waals surface area contributed by atoms with Crippen molar-refractivity contribution in [3.8, 4) is 5.75 Å². The maximum Gasteiger partial charge on any atom is 0.266 e. The number of thioether (sulfide) groups is 1. The van der Waals surface area contributed by atoms with Gasteiger partial charge in [-0.1, -0.05) is 43.3 Å². The zero-order chi connectivity index (χ0) is 18.4. The van der Waals surface area contributed by atoms with Gasteiger partial charge < -0.3 is 4.74 Å². The van der Waals surface area contributed by atoms with Crippen molar-refractivity contribution in [2.45, 2.75) is 20.3 Å². The van der Waals surface area contributed by atoms with E-state index in [9.17, 15) is 4.79 Å². The van der Waals surface area contributed by atoms with E-state index < -0.39 is 0 Å². The molecule has 26 heavy (non-hydrogen) atoms. The van der Waals surface area contributed by atoms with E-state index in [1.807, 2.05) is 67.6 Å². The molecule has 1 saturated heterocycles. The molecule has 1 aliphatic heterocycles. The minimum absolute atomic E-state index is 0.00201. The second-order valence-corrected chi connectivity index (χ2v) is 6.78. The van der Waals surface area contributed by atoms with Gasteiger partial charge in [-0.3, -0.25) is 9.69 Å². The van der Waals surface area contributed by atoms with Gasteiger partial charge in [0, 0.05) is 12.1 Å². The summed E-state index contributed by atoms with van der Waals surface area (Å²) in [5.74, 6) is 0.782. The maximum absolute atomic E-state index is 12.9. The monoisotopic (exact) mass is 366 g/mol. The van der Waals surface area contributed by atoms with E-state index in [1.165, 1.54) is 11.8 Å².